The molecule has 1 aliphatic carbocycles. The quantitative estimate of drug-likeness (QED) is 0.717. The van der Waals surface area contributed by atoms with Gasteiger partial charge in [0.05, 0.1) is 17.4 Å². The third kappa shape index (κ3) is 1.42. The first-order valence-electron chi connectivity index (χ1n) is 6.08. The highest BCUT2D eigenvalue weighted by molar-refractivity contribution is 5.55. The minimum absolute atomic E-state index is 0.642. The molecule has 3 heteroatoms. The first-order chi connectivity index (χ1) is 7.65. The van der Waals surface area contributed by atoms with Gasteiger partial charge in [0, 0.05) is 13.1 Å². The predicted molar refractivity (Wildman–Crippen MR) is 65.5 cm³/mol. The molecule has 1 saturated heterocycles. The Labute approximate surface area is 96.8 Å². The number of likely N-dealkylation sites (N-methyl/N-ethyl adjacent to an activating group) is 1. The lowest BCUT2D eigenvalue weighted by Gasteiger charge is -2.38. The van der Waals surface area contributed by atoms with Gasteiger partial charge in [0.15, 0.2) is 0 Å². The lowest BCUT2D eigenvalue weighted by atomic mass is 10.0. The summed E-state index contributed by atoms with van der Waals surface area (Å²) >= 11 is 0. The van der Waals surface area contributed by atoms with E-state index in [0.29, 0.717) is 6.04 Å². The van der Waals surface area contributed by atoms with E-state index in [2.05, 4.69) is 36.4 Å². The van der Waals surface area contributed by atoms with E-state index in [1.165, 1.54) is 29.2 Å². The first kappa shape index (κ1) is 10.1. The van der Waals surface area contributed by atoms with Gasteiger partial charge in [-0.15, -0.1) is 0 Å². The molecule has 0 atom stereocenters. The van der Waals surface area contributed by atoms with Crippen LogP contribution in [-0.4, -0.2) is 34.6 Å². The molecule has 0 radical (unpaired) electrons. The second kappa shape index (κ2) is 3.45. The van der Waals surface area contributed by atoms with Crippen LogP contribution in [0.3, 0.4) is 0 Å². The van der Waals surface area contributed by atoms with Gasteiger partial charge in [-0.2, -0.15) is 0 Å². The number of hydrogen-bond donors (Lipinski definition) is 0. The van der Waals surface area contributed by atoms with Crippen molar-refractivity contribution in [2.75, 3.05) is 20.1 Å². The molecule has 0 spiro atoms. The lowest BCUT2D eigenvalue weighted by Crippen LogP contribution is -2.45. The van der Waals surface area contributed by atoms with E-state index in [1.54, 1.807) is 0 Å². The van der Waals surface area contributed by atoms with Crippen LogP contribution in [0.25, 0.3) is 6.08 Å². The third-order valence-electron chi connectivity index (χ3n) is 3.75. The van der Waals surface area contributed by atoms with Gasteiger partial charge in [-0.05, 0) is 39.8 Å². The summed E-state index contributed by atoms with van der Waals surface area (Å²) < 4.78 is 2.44. The zero-order valence-corrected chi connectivity index (χ0v) is 10.3. The molecule has 0 aromatic carbocycles. The zero-order valence-electron chi connectivity index (χ0n) is 10.3. The number of hydrogen-bond acceptors (Lipinski definition) is 2. The summed E-state index contributed by atoms with van der Waals surface area (Å²) in [6.45, 7) is 6.69. The minimum Gasteiger partial charge on any atom is -0.323 e. The van der Waals surface area contributed by atoms with Crippen LogP contribution < -0.4 is 0 Å². The van der Waals surface area contributed by atoms with Gasteiger partial charge >= 0.3 is 0 Å². The van der Waals surface area contributed by atoms with Gasteiger partial charge in [0.1, 0.15) is 5.82 Å². The molecular weight excluding hydrogens is 198 g/mol. The topological polar surface area (TPSA) is 21.1 Å². The van der Waals surface area contributed by atoms with Crippen LogP contribution in [0.15, 0.2) is 5.57 Å². The highest BCUT2D eigenvalue weighted by Gasteiger charge is 2.29. The Morgan fingerprint density at radius 3 is 2.69 bits per heavy atom. The van der Waals surface area contributed by atoms with Gasteiger partial charge in [-0.25, -0.2) is 4.98 Å². The fourth-order valence-electron chi connectivity index (χ4n) is 2.87. The maximum atomic E-state index is 4.71. The van der Waals surface area contributed by atoms with Crippen LogP contribution in [0.2, 0.25) is 0 Å². The number of nitrogens with zero attached hydrogens (tertiary/aromatic N) is 3. The fraction of sp³-hybridized carbons (Fsp3) is 0.615. The van der Waals surface area contributed by atoms with E-state index in [9.17, 15) is 0 Å². The smallest absolute Gasteiger partial charge is 0.106 e. The van der Waals surface area contributed by atoms with E-state index in [1.807, 2.05) is 0 Å². The molecule has 3 nitrogen and oxygen atoms in total. The maximum absolute atomic E-state index is 4.71. The SMILES string of the molecule is CC1=Cc2c(nc(C)n2C2CN(C)C2)CC1. The van der Waals surface area contributed by atoms with E-state index in [0.717, 1.165) is 19.5 Å². The van der Waals surface area contributed by atoms with Crippen LogP contribution in [0.5, 0.6) is 0 Å². The van der Waals surface area contributed by atoms with Crippen molar-refractivity contribution < 1.29 is 0 Å². The van der Waals surface area contributed by atoms with Crippen molar-refractivity contribution in [1.29, 1.82) is 0 Å². The number of allylic oxidation sites excluding steroid dienone is 1. The summed E-state index contributed by atoms with van der Waals surface area (Å²) in [4.78, 5) is 7.07. The summed E-state index contributed by atoms with van der Waals surface area (Å²) in [7, 11) is 2.18. The molecular formula is C13H19N3. The molecule has 2 heterocycles. The van der Waals surface area contributed by atoms with E-state index in [4.69, 9.17) is 4.98 Å². The number of fused-ring (bicyclic) bond motifs is 1. The molecule has 1 fully saturated rings. The summed E-state index contributed by atoms with van der Waals surface area (Å²) in [5.41, 5.74) is 4.17. The molecule has 0 amide bonds. The summed E-state index contributed by atoms with van der Waals surface area (Å²) in [6.07, 6.45) is 4.62. The fourth-order valence-corrected chi connectivity index (χ4v) is 2.87. The Morgan fingerprint density at radius 2 is 2.00 bits per heavy atom. The number of imidazole rings is 1. The second-order valence-corrected chi connectivity index (χ2v) is 5.23. The lowest BCUT2D eigenvalue weighted by molar-refractivity contribution is 0.138. The van der Waals surface area contributed by atoms with Crippen molar-refractivity contribution in [2.45, 2.75) is 32.7 Å². The average Bonchev–Trinajstić information content (AvgIpc) is 2.49. The number of aromatic nitrogens is 2. The van der Waals surface area contributed by atoms with Gasteiger partial charge in [-0.1, -0.05) is 5.57 Å². The van der Waals surface area contributed by atoms with Crippen LogP contribution in [0.4, 0.5) is 0 Å². The molecule has 0 bridgehead atoms. The molecule has 1 aromatic rings. The van der Waals surface area contributed by atoms with Gasteiger partial charge in [0.25, 0.3) is 0 Å². The molecule has 0 N–H and O–H groups in total. The van der Waals surface area contributed by atoms with E-state index >= 15 is 0 Å². The zero-order chi connectivity index (χ0) is 11.3. The Kier molecular flexibility index (Phi) is 2.18. The molecule has 3 rings (SSSR count). The van der Waals surface area contributed by atoms with Crippen LogP contribution in [-0.2, 0) is 6.42 Å². The van der Waals surface area contributed by atoms with E-state index in [-0.39, 0.29) is 0 Å². The first-order valence-corrected chi connectivity index (χ1v) is 6.08. The minimum atomic E-state index is 0.642. The molecule has 0 unspecified atom stereocenters. The molecule has 16 heavy (non-hydrogen) atoms. The number of likely N-dealkylation sites (tertiary alicyclic amines) is 1. The van der Waals surface area contributed by atoms with Crippen molar-refractivity contribution in [2.24, 2.45) is 0 Å². The molecule has 1 aliphatic heterocycles. The molecule has 86 valence electrons. The van der Waals surface area contributed by atoms with Crippen molar-refractivity contribution in [1.82, 2.24) is 14.5 Å². The average molecular weight is 217 g/mol. The van der Waals surface area contributed by atoms with Gasteiger partial charge in [0.2, 0.25) is 0 Å². The Hall–Kier alpha value is -1.09. The van der Waals surface area contributed by atoms with Crippen LogP contribution >= 0.6 is 0 Å². The monoisotopic (exact) mass is 217 g/mol. The number of rotatable bonds is 1. The summed E-state index contributed by atoms with van der Waals surface area (Å²) in [6, 6.07) is 0.642. The highest BCUT2D eigenvalue weighted by Crippen LogP contribution is 2.30. The van der Waals surface area contributed by atoms with Crippen molar-refractivity contribution >= 4 is 6.08 Å². The molecule has 0 saturated carbocycles. The van der Waals surface area contributed by atoms with Crippen molar-refractivity contribution in [3.63, 3.8) is 0 Å². The summed E-state index contributed by atoms with van der Waals surface area (Å²) in [5, 5.41) is 0. The maximum Gasteiger partial charge on any atom is 0.106 e. The Bertz CT molecular complexity index is 450. The predicted octanol–water partition coefficient (Wildman–Crippen LogP) is 2.03. The van der Waals surface area contributed by atoms with Crippen molar-refractivity contribution in [3.05, 3.63) is 22.8 Å². The van der Waals surface area contributed by atoms with Crippen molar-refractivity contribution in [3.8, 4) is 0 Å². The van der Waals surface area contributed by atoms with Gasteiger partial charge < -0.3 is 9.47 Å². The Morgan fingerprint density at radius 1 is 1.25 bits per heavy atom. The third-order valence-corrected chi connectivity index (χ3v) is 3.75. The van der Waals surface area contributed by atoms with E-state index < -0.39 is 0 Å². The largest absolute Gasteiger partial charge is 0.323 e. The number of aryl methyl sites for hydroxylation is 2. The van der Waals surface area contributed by atoms with Gasteiger partial charge in [-0.3, -0.25) is 0 Å². The standard InChI is InChI=1S/C13H19N3/c1-9-4-5-12-13(6-9)16(10(2)14-12)11-7-15(3)8-11/h6,11H,4-5,7-8H2,1-3H3. The summed E-state index contributed by atoms with van der Waals surface area (Å²) in [5.74, 6) is 1.19. The normalized spacial score (nSPS) is 21.6. The second-order valence-electron chi connectivity index (χ2n) is 5.23. The van der Waals surface area contributed by atoms with Crippen LogP contribution in [0.1, 0.15) is 36.6 Å². The Balaban J connectivity index is 2.02. The molecule has 1 aromatic heterocycles. The highest BCUT2D eigenvalue weighted by atomic mass is 15.3. The molecule has 2 aliphatic rings. The van der Waals surface area contributed by atoms with Crippen LogP contribution in [0, 0.1) is 6.92 Å².